The molecule has 23 heavy (non-hydrogen) atoms. The molecule has 1 aromatic carbocycles. The zero-order chi connectivity index (χ0) is 16.1. The number of nitrogens with one attached hydrogen (secondary N) is 1. The number of benzene rings is 1. The minimum Gasteiger partial charge on any atom is -0.383 e. The Hall–Kier alpha value is -1.57. The fourth-order valence-electron chi connectivity index (χ4n) is 2.90. The molecule has 2 heterocycles. The normalized spacial score (nSPS) is 16.7. The van der Waals surface area contributed by atoms with Crippen LogP contribution in [-0.2, 0) is 4.74 Å². The summed E-state index contributed by atoms with van der Waals surface area (Å²) in [5.41, 5.74) is 2.28. The van der Waals surface area contributed by atoms with E-state index in [1.54, 1.807) is 7.11 Å². The maximum Gasteiger partial charge on any atom is 0.251 e. The van der Waals surface area contributed by atoms with Gasteiger partial charge in [0.2, 0.25) is 0 Å². The number of carbonyl (C=O) groups is 1. The summed E-state index contributed by atoms with van der Waals surface area (Å²) < 4.78 is 13.4. The molecule has 0 radical (unpaired) electrons. The van der Waals surface area contributed by atoms with Gasteiger partial charge in [0.25, 0.3) is 5.91 Å². The van der Waals surface area contributed by atoms with Crippen LogP contribution in [-0.4, -0.2) is 59.4 Å². The lowest BCUT2D eigenvalue weighted by Crippen LogP contribution is -2.39. The molecule has 0 aliphatic carbocycles. The number of hydrogen-bond donors (Lipinski definition) is 1. The first-order valence-electron chi connectivity index (χ1n) is 7.98. The summed E-state index contributed by atoms with van der Waals surface area (Å²) in [5, 5.41) is 3.06. The van der Waals surface area contributed by atoms with Crippen molar-refractivity contribution in [3.05, 3.63) is 23.8 Å². The molecule has 0 atom stereocenters. The lowest BCUT2D eigenvalue weighted by Gasteiger charge is -2.31. The summed E-state index contributed by atoms with van der Waals surface area (Å²) in [5.74, 6) is 0.532. The van der Waals surface area contributed by atoms with Crippen molar-refractivity contribution in [3.8, 4) is 0 Å². The van der Waals surface area contributed by atoms with Crippen LogP contribution in [0.5, 0.6) is 0 Å². The van der Waals surface area contributed by atoms with Crippen LogP contribution >= 0.6 is 11.7 Å². The van der Waals surface area contributed by atoms with Crippen LogP contribution in [0.2, 0.25) is 0 Å². The van der Waals surface area contributed by atoms with E-state index in [0.29, 0.717) is 11.5 Å². The highest BCUT2D eigenvalue weighted by Gasteiger charge is 2.19. The van der Waals surface area contributed by atoms with Crippen LogP contribution in [0, 0.1) is 5.92 Å². The van der Waals surface area contributed by atoms with Crippen LogP contribution in [0.15, 0.2) is 18.2 Å². The predicted octanol–water partition coefficient (Wildman–Crippen LogP) is 1.78. The number of rotatable bonds is 6. The highest BCUT2D eigenvalue weighted by atomic mass is 32.1. The van der Waals surface area contributed by atoms with Gasteiger partial charge in [-0.2, -0.15) is 8.75 Å². The summed E-state index contributed by atoms with van der Waals surface area (Å²) in [6.45, 7) is 4.69. The zero-order valence-corrected chi connectivity index (χ0v) is 14.1. The Bertz CT molecular complexity index is 652. The van der Waals surface area contributed by atoms with E-state index in [0.717, 1.165) is 56.7 Å². The average Bonchev–Trinajstić information content (AvgIpc) is 3.06. The Morgan fingerprint density at radius 3 is 2.91 bits per heavy atom. The van der Waals surface area contributed by atoms with Crippen molar-refractivity contribution in [1.29, 1.82) is 0 Å². The van der Waals surface area contributed by atoms with Gasteiger partial charge in [-0.05, 0) is 50.0 Å². The Morgan fingerprint density at radius 2 is 2.13 bits per heavy atom. The van der Waals surface area contributed by atoms with E-state index in [4.69, 9.17) is 4.74 Å². The summed E-state index contributed by atoms with van der Waals surface area (Å²) in [6.07, 6.45) is 2.25. The smallest absolute Gasteiger partial charge is 0.251 e. The fraction of sp³-hybridized carbons (Fsp3) is 0.562. The number of amides is 1. The monoisotopic (exact) mass is 334 g/mol. The second-order valence-electron chi connectivity index (χ2n) is 5.96. The van der Waals surface area contributed by atoms with Crippen molar-refractivity contribution in [2.24, 2.45) is 5.92 Å². The van der Waals surface area contributed by atoms with E-state index >= 15 is 0 Å². The first-order chi connectivity index (χ1) is 11.3. The van der Waals surface area contributed by atoms with Gasteiger partial charge in [-0.1, -0.05) is 0 Å². The van der Waals surface area contributed by atoms with Crippen LogP contribution < -0.4 is 5.32 Å². The molecule has 1 N–H and O–H groups in total. The van der Waals surface area contributed by atoms with Crippen molar-refractivity contribution in [1.82, 2.24) is 19.0 Å². The quantitative estimate of drug-likeness (QED) is 0.872. The van der Waals surface area contributed by atoms with E-state index in [1.807, 2.05) is 18.2 Å². The van der Waals surface area contributed by atoms with E-state index in [-0.39, 0.29) is 5.91 Å². The second-order valence-corrected chi connectivity index (χ2v) is 6.48. The van der Waals surface area contributed by atoms with Crippen LogP contribution in [0.25, 0.3) is 11.0 Å². The predicted molar refractivity (Wildman–Crippen MR) is 90.8 cm³/mol. The highest BCUT2D eigenvalue weighted by molar-refractivity contribution is 7.00. The topological polar surface area (TPSA) is 67.3 Å². The van der Waals surface area contributed by atoms with Gasteiger partial charge in [0.1, 0.15) is 11.0 Å². The average molecular weight is 334 g/mol. The Balaban J connectivity index is 1.46. The lowest BCUT2D eigenvalue weighted by molar-refractivity contribution is 0.0926. The summed E-state index contributed by atoms with van der Waals surface area (Å²) in [6, 6.07) is 5.47. The van der Waals surface area contributed by atoms with Gasteiger partial charge < -0.3 is 15.0 Å². The number of likely N-dealkylation sites (tertiary alicyclic amines) is 1. The lowest BCUT2D eigenvalue weighted by atomic mass is 9.96. The van der Waals surface area contributed by atoms with Gasteiger partial charge >= 0.3 is 0 Å². The minimum atomic E-state index is -0.0262. The van der Waals surface area contributed by atoms with Gasteiger partial charge in [-0.15, -0.1) is 0 Å². The maximum atomic E-state index is 12.3. The number of ether oxygens (including phenoxy) is 1. The highest BCUT2D eigenvalue weighted by Crippen LogP contribution is 2.17. The number of hydrogen-bond acceptors (Lipinski definition) is 6. The molecule has 124 valence electrons. The van der Waals surface area contributed by atoms with Gasteiger partial charge in [0, 0.05) is 25.8 Å². The molecule has 1 aliphatic rings. The fourth-order valence-corrected chi connectivity index (χ4v) is 3.41. The number of piperidine rings is 1. The maximum absolute atomic E-state index is 12.3. The molecule has 1 saturated heterocycles. The van der Waals surface area contributed by atoms with Crippen molar-refractivity contribution in [2.75, 3.05) is 39.9 Å². The van der Waals surface area contributed by atoms with Crippen molar-refractivity contribution in [3.63, 3.8) is 0 Å². The van der Waals surface area contributed by atoms with Gasteiger partial charge in [0.15, 0.2) is 0 Å². The zero-order valence-electron chi connectivity index (χ0n) is 13.3. The van der Waals surface area contributed by atoms with Crippen molar-refractivity contribution in [2.45, 2.75) is 12.8 Å². The molecule has 6 nitrogen and oxygen atoms in total. The molecular formula is C16H22N4O2S. The number of carbonyl (C=O) groups excluding carboxylic acids is 1. The molecule has 1 aliphatic heterocycles. The third-order valence-electron chi connectivity index (χ3n) is 4.39. The molecule has 3 rings (SSSR count). The third kappa shape index (κ3) is 4.25. The summed E-state index contributed by atoms with van der Waals surface area (Å²) in [4.78, 5) is 14.7. The minimum absolute atomic E-state index is 0.0262. The molecule has 0 unspecified atom stereocenters. The van der Waals surface area contributed by atoms with E-state index < -0.39 is 0 Å². The molecule has 2 aromatic rings. The first-order valence-corrected chi connectivity index (χ1v) is 8.71. The molecule has 0 bridgehead atoms. The standard InChI is InChI=1S/C16H22N4O2S/c1-22-9-8-20-6-4-12(5-7-20)11-17-16(21)13-2-3-14-15(10-13)19-23-18-14/h2-3,10,12H,4-9,11H2,1H3,(H,17,21). The Labute approximate surface area is 140 Å². The summed E-state index contributed by atoms with van der Waals surface area (Å²) >= 11 is 1.17. The van der Waals surface area contributed by atoms with Crippen LogP contribution in [0.1, 0.15) is 23.2 Å². The van der Waals surface area contributed by atoms with Crippen LogP contribution in [0.4, 0.5) is 0 Å². The first kappa shape index (κ1) is 16.3. The van der Waals surface area contributed by atoms with Crippen molar-refractivity contribution >= 4 is 28.7 Å². The molecule has 7 heteroatoms. The number of methoxy groups -OCH3 is 1. The molecule has 1 fully saturated rings. The molecule has 1 aromatic heterocycles. The second kappa shape index (κ2) is 7.81. The number of fused-ring (bicyclic) bond motifs is 1. The number of nitrogens with zero attached hydrogens (tertiary/aromatic N) is 3. The van der Waals surface area contributed by atoms with Gasteiger partial charge in [-0.3, -0.25) is 4.79 Å². The largest absolute Gasteiger partial charge is 0.383 e. The summed E-state index contributed by atoms with van der Waals surface area (Å²) in [7, 11) is 1.74. The van der Waals surface area contributed by atoms with E-state index in [2.05, 4.69) is 19.0 Å². The molecule has 1 amide bonds. The third-order valence-corrected chi connectivity index (χ3v) is 4.94. The molecule has 0 saturated carbocycles. The molecule has 0 spiro atoms. The van der Waals surface area contributed by atoms with Gasteiger partial charge in [0.05, 0.1) is 18.3 Å². The van der Waals surface area contributed by atoms with Crippen molar-refractivity contribution < 1.29 is 9.53 Å². The Kier molecular flexibility index (Phi) is 5.53. The van der Waals surface area contributed by atoms with Gasteiger partial charge in [-0.25, -0.2) is 0 Å². The SMILES string of the molecule is COCCN1CCC(CNC(=O)c2ccc3nsnc3c2)CC1. The van der Waals surface area contributed by atoms with E-state index in [9.17, 15) is 4.79 Å². The van der Waals surface area contributed by atoms with E-state index in [1.165, 1.54) is 11.7 Å². The number of aromatic nitrogens is 2. The Morgan fingerprint density at radius 1 is 1.35 bits per heavy atom. The molecular weight excluding hydrogens is 312 g/mol. The van der Waals surface area contributed by atoms with Crippen LogP contribution in [0.3, 0.4) is 0 Å².